The van der Waals surface area contributed by atoms with Crippen LogP contribution in [0, 0.1) is 40.6 Å². The topological polar surface area (TPSA) is 74.6 Å². The molecule has 0 atom stereocenters. The van der Waals surface area contributed by atoms with Crippen LogP contribution in [0.25, 0.3) is 0 Å². The van der Waals surface area contributed by atoms with Crippen molar-refractivity contribution < 1.29 is 60.4 Å². The van der Waals surface area contributed by atoms with Crippen molar-refractivity contribution in [2.75, 3.05) is 0 Å². The molecule has 5 heteroatoms. The number of rotatable bonds is 4. The summed E-state index contributed by atoms with van der Waals surface area (Å²) in [6, 6.07) is 0. The van der Waals surface area contributed by atoms with E-state index < -0.39 is 47.6 Å². The Hall–Kier alpha value is 0.408. The van der Waals surface area contributed by atoms with E-state index in [2.05, 4.69) is 0 Å². The number of carboxylic acid groups (broad SMARTS) is 2. The molecule has 4 nitrogen and oxygen atoms in total. The molecule has 0 heterocycles. The summed E-state index contributed by atoms with van der Waals surface area (Å²) in [5, 5.41) is 16.2. The summed E-state index contributed by atoms with van der Waals surface area (Å²) in [5.74, 6) is -0.891. The Bertz CT molecular complexity index is 108. The van der Waals surface area contributed by atoms with Crippen LogP contribution in [0.2, 0.25) is 1.46 Å². The maximum atomic E-state index is 9.89. The predicted octanol–water partition coefficient (Wildman–Crippen LogP) is 0.642. The van der Waals surface area contributed by atoms with Crippen molar-refractivity contribution in [3.63, 3.8) is 0 Å². The zero-order valence-corrected chi connectivity index (χ0v) is 10.6. The molecule has 0 rings (SSSR count). The van der Waals surface area contributed by atoms with Crippen LogP contribution in [0.4, 0.5) is 4.79 Å². The quantitative estimate of drug-likeness (QED) is 0.785. The average molecular weight is 344 g/mol. The van der Waals surface area contributed by atoms with E-state index in [9.17, 15) is 9.59 Å². The fourth-order valence-electron chi connectivity index (χ4n) is 0.391. The number of carboxylic acids is 1. The molecular formula is C4H6O4Ra. The van der Waals surface area contributed by atoms with E-state index in [1.807, 2.05) is 0 Å². The predicted molar refractivity (Wildman–Crippen MR) is 25.1 cm³/mol. The van der Waals surface area contributed by atoms with E-state index in [-0.39, 0.29) is 6.42 Å². The number of hydrogen-bond acceptors (Lipinski definition) is 2. The Morgan fingerprint density at radius 1 is 1.33 bits per heavy atom. The summed E-state index contributed by atoms with van der Waals surface area (Å²) < 4.78 is -0.276. The molecule has 0 bridgehead atoms. The second-order valence-electron chi connectivity index (χ2n) is 1.64. The van der Waals surface area contributed by atoms with Crippen LogP contribution in [-0.2, 0) is 4.79 Å². The van der Waals surface area contributed by atoms with Gasteiger partial charge in [0, 0.05) is 0 Å². The Labute approximate surface area is 74.3 Å². The maximum absolute atomic E-state index is 9.89. The molecule has 0 unspecified atom stereocenters. The molecule has 9 heavy (non-hydrogen) atoms. The van der Waals surface area contributed by atoms with Gasteiger partial charge in [-0.3, -0.25) is 0 Å². The second-order valence-corrected chi connectivity index (χ2v) is 9.09. The van der Waals surface area contributed by atoms with Gasteiger partial charge in [0.2, 0.25) is 0 Å². The molecule has 0 saturated heterocycles. The van der Waals surface area contributed by atoms with Crippen molar-refractivity contribution >= 4 is 6.98 Å². The second kappa shape index (κ2) is 5.21. The normalized spacial score (nSPS) is 8.00. The summed E-state index contributed by atoms with van der Waals surface area (Å²) in [4.78, 5) is 19.7. The van der Waals surface area contributed by atoms with Crippen LogP contribution < -0.4 is 0 Å². The van der Waals surface area contributed by atoms with Crippen LogP contribution in [0.1, 0.15) is 6.42 Å². The standard InChI is InChI=1S/C3H5O2.CHO2.Ra/c1-2-3(4)5;2-1-3;/h1-2H2,(H,4,5);(H,2,3);. The Kier molecular flexibility index (Phi) is 5.45. The van der Waals surface area contributed by atoms with Crippen LogP contribution in [0.3, 0.4) is 0 Å². The first-order valence-electron chi connectivity index (χ1n) is 2.56. The van der Waals surface area contributed by atoms with Crippen molar-refractivity contribution in [3.05, 3.63) is 0 Å². The van der Waals surface area contributed by atoms with Crippen LogP contribution in [0.15, 0.2) is 0 Å². The zero-order chi connectivity index (χ0) is 7.28. The zero-order valence-electron chi connectivity index (χ0n) is 4.83. The molecule has 0 saturated carbocycles. The summed E-state index contributed by atoms with van der Waals surface area (Å²) in [6.07, 6.45) is 0.0388. The third-order valence-corrected chi connectivity index (χ3v) is 5.45. The summed E-state index contributed by atoms with van der Waals surface area (Å²) in [5.41, 5.74) is 0. The van der Waals surface area contributed by atoms with Crippen molar-refractivity contribution in [2.45, 2.75) is 7.88 Å². The Balaban J connectivity index is 3.10. The van der Waals surface area contributed by atoms with E-state index in [0.29, 0.717) is 1.46 Å². The SMILES string of the molecule is O=C(O)C[CH2][Ra][C](=O)O. The van der Waals surface area contributed by atoms with Gasteiger partial charge in [0.15, 0.2) is 0 Å². The summed E-state index contributed by atoms with van der Waals surface area (Å²) in [7, 11) is 0. The molecule has 0 spiro atoms. The van der Waals surface area contributed by atoms with Gasteiger partial charge in [0.1, 0.15) is 0 Å². The molecule has 0 amide bonds. The molecule has 0 aliphatic carbocycles. The van der Waals surface area contributed by atoms with Crippen molar-refractivity contribution in [1.29, 1.82) is 0 Å². The molecule has 0 aromatic rings. The Morgan fingerprint density at radius 3 is 2.22 bits per heavy atom. The average Bonchev–Trinajstić information content (AvgIpc) is 1.63. The van der Waals surface area contributed by atoms with Gasteiger partial charge in [-0.25, -0.2) is 0 Å². The van der Waals surface area contributed by atoms with E-state index >= 15 is 0 Å². The minimum atomic E-state index is -1.88. The van der Waals surface area contributed by atoms with Gasteiger partial charge in [-0.1, -0.05) is 0 Å². The molecule has 0 radical (unpaired) electrons. The molecule has 2 N–H and O–H groups in total. The van der Waals surface area contributed by atoms with Gasteiger partial charge in [-0.2, -0.15) is 0 Å². The van der Waals surface area contributed by atoms with Gasteiger partial charge < -0.3 is 0 Å². The van der Waals surface area contributed by atoms with E-state index in [1.165, 1.54) is 0 Å². The molecule has 0 aliphatic rings. The molecule has 0 fully saturated rings. The number of hydrogen-bond donors (Lipinski definition) is 2. The van der Waals surface area contributed by atoms with E-state index in [0.717, 1.165) is 0 Å². The number of aliphatic carboxylic acids is 1. The fraction of sp³-hybridized carbons (Fsp3) is 0.500. The van der Waals surface area contributed by atoms with Gasteiger partial charge >= 0.3 is 75.2 Å². The minimum absolute atomic E-state index is 0.0388. The first-order valence-corrected chi connectivity index (χ1v) is 9.58. The summed E-state index contributed by atoms with van der Waals surface area (Å²) >= 11 is -1.88. The van der Waals surface area contributed by atoms with Crippen molar-refractivity contribution in [2.24, 2.45) is 0 Å². The van der Waals surface area contributed by atoms with Gasteiger partial charge in [0.25, 0.3) is 0 Å². The fourth-order valence-corrected chi connectivity index (χ4v) is 3.60. The van der Waals surface area contributed by atoms with Gasteiger partial charge in [0.05, 0.1) is 0 Å². The van der Waals surface area contributed by atoms with Crippen LogP contribution >= 0.6 is 0 Å². The molecule has 0 aliphatic heterocycles. The molecular weight excluding hydrogens is 338 g/mol. The third kappa shape index (κ3) is 8.41. The van der Waals surface area contributed by atoms with Gasteiger partial charge in [-0.05, 0) is 0 Å². The van der Waals surface area contributed by atoms with Crippen LogP contribution in [-0.4, -0.2) is 17.2 Å². The van der Waals surface area contributed by atoms with Crippen molar-refractivity contribution in [1.82, 2.24) is 0 Å². The van der Waals surface area contributed by atoms with E-state index in [4.69, 9.17) is 10.2 Å². The van der Waals surface area contributed by atoms with Crippen LogP contribution in [0.5, 0.6) is 0 Å². The molecule has 48 valence electrons. The monoisotopic (exact) mass is 344 g/mol. The first-order chi connectivity index (χ1) is 4.13. The van der Waals surface area contributed by atoms with E-state index in [1.54, 1.807) is 0 Å². The molecule has 0 aromatic heterocycles. The third-order valence-electron chi connectivity index (χ3n) is 0.781. The molecule has 0 aromatic carbocycles. The first kappa shape index (κ1) is 9.41. The van der Waals surface area contributed by atoms with Gasteiger partial charge in [-0.15, -0.1) is 0 Å². The van der Waals surface area contributed by atoms with Crippen molar-refractivity contribution in [3.8, 4) is 0 Å². The Morgan fingerprint density at radius 2 is 1.89 bits per heavy atom. The number of carbonyl (C=O) groups is 2. The summed E-state index contributed by atoms with van der Waals surface area (Å²) in [6.45, 7) is 0.